The average molecular weight is 322 g/mol. The van der Waals surface area contributed by atoms with Crippen molar-refractivity contribution in [1.82, 2.24) is 15.3 Å². The smallest absolute Gasteiger partial charge is 0.241 e. The standard InChI is InChI=1S/C19H22N4O/c1-13-8-10-14(11-9-13)18(20)19(24)21-12-4-7-17-22-15-5-2-3-6-16(15)23-17/h2-3,5-6,8-11,18H,4,7,12,20H2,1H3,(H,21,24)(H,22,23). The van der Waals surface area contributed by atoms with Crippen molar-refractivity contribution in [2.24, 2.45) is 5.73 Å². The number of hydrogen-bond donors (Lipinski definition) is 3. The van der Waals surface area contributed by atoms with Crippen LogP contribution in [0.25, 0.3) is 11.0 Å². The number of benzene rings is 2. The van der Waals surface area contributed by atoms with Crippen molar-refractivity contribution in [1.29, 1.82) is 0 Å². The summed E-state index contributed by atoms with van der Waals surface area (Å²) < 4.78 is 0. The molecular weight excluding hydrogens is 300 g/mol. The number of amides is 1. The zero-order valence-corrected chi connectivity index (χ0v) is 13.8. The fraction of sp³-hybridized carbons (Fsp3) is 0.263. The van der Waals surface area contributed by atoms with Crippen LogP contribution < -0.4 is 11.1 Å². The van der Waals surface area contributed by atoms with Gasteiger partial charge in [-0.05, 0) is 31.0 Å². The van der Waals surface area contributed by atoms with Gasteiger partial charge in [0.15, 0.2) is 0 Å². The van der Waals surface area contributed by atoms with Gasteiger partial charge in [-0.1, -0.05) is 42.0 Å². The van der Waals surface area contributed by atoms with Crippen LogP contribution in [0.3, 0.4) is 0 Å². The van der Waals surface area contributed by atoms with Gasteiger partial charge >= 0.3 is 0 Å². The molecule has 2 aromatic carbocycles. The Morgan fingerprint density at radius 2 is 1.96 bits per heavy atom. The molecule has 0 saturated carbocycles. The Bertz CT molecular complexity index is 790. The van der Waals surface area contributed by atoms with E-state index in [-0.39, 0.29) is 5.91 Å². The maximum atomic E-state index is 12.1. The van der Waals surface area contributed by atoms with E-state index in [1.165, 1.54) is 0 Å². The monoisotopic (exact) mass is 322 g/mol. The molecule has 0 fully saturated rings. The minimum Gasteiger partial charge on any atom is -0.354 e. The van der Waals surface area contributed by atoms with Gasteiger partial charge in [-0.25, -0.2) is 4.98 Å². The Labute approximate surface area is 141 Å². The zero-order chi connectivity index (χ0) is 16.9. The third kappa shape index (κ3) is 3.81. The first-order chi connectivity index (χ1) is 11.6. The van der Waals surface area contributed by atoms with Crippen molar-refractivity contribution in [3.63, 3.8) is 0 Å². The van der Waals surface area contributed by atoms with Gasteiger partial charge < -0.3 is 16.0 Å². The highest BCUT2D eigenvalue weighted by Gasteiger charge is 2.14. The number of H-pyrrole nitrogens is 1. The summed E-state index contributed by atoms with van der Waals surface area (Å²) in [6.07, 6.45) is 1.60. The first kappa shape index (κ1) is 16.2. The molecule has 4 N–H and O–H groups in total. The van der Waals surface area contributed by atoms with Crippen LogP contribution in [-0.4, -0.2) is 22.4 Å². The van der Waals surface area contributed by atoms with Crippen LogP contribution in [0.15, 0.2) is 48.5 Å². The van der Waals surface area contributed by atoms with Crippen LogP contribution in [-0.2, 0) is 11.2 Å². The molecule has 0 saturated heterocycles. The molecule has 0 aliphatic carbocycles. The molecule has 0 aliphatic rings. The van der Waals surface area contributed by atoms with Gasteiger partial charge in [-0.3, -0.25) is 4.79 Å². The molecule has 0 spiro atoms. The maximum absolute atomic E-state index is 12.1. The maximum Gasteiger partial charge on any atom is 0.241 e. The second kappa shape index (κ2) is 7.27. The van der Waals surface area contributed by atoms with E-state index in [4.69, 9.17) is 5.73 Å². The Hall–Kier alpha value is -2.66. The number of carbonyl (C=O) groups excluding carboxylic acids is 1. The van der Waals surface area contributed by atoms with Gasteiger partial charge in [0.2, 0.25) is 5.91 Å². The average Bonchev–Trinajstić information content (AvgIpc) is 3.01. The second-order valence-corrected chi connectivity index (χ2v) is 5.98. The Morgan fingerprint density at radius 3 is 2.71 bits per heavy atom. The fourth-order valence-electron chi connectivity index (χ4n) is 2.63. The van der Waals surface area contributed by atoms with Crippen LogP contribution in [0.4, 0.5) is 0 Å². The number of nitrogens with zero attached hydrogens (tertiary/aromatic N) is 1. The summed E-state index contributed by atoms with van der Waals surface area (Å²) in [5, 5.41) is 2.89. The van der Waals surface area contributed by atoms with Crippen LogP contribution in [0.5, 0.6) is 0 Å². The predicted octanol–water partition coefficient (Wildman–Crippen LogP) is 2.62. The van der Waals surface area contributed by atoms with E-state index in [0.717, 1.165) is 40.8 Å². The summed E-state index contributed by atoms with van der Waals surface area (Å²) in [4.78, 5) is 19.9. The minimum absolute atomic E-state index is 0.150. The van der Waals surface area contributed by atoms with Crippen molar-refractivity contribution in [3.05, 3.63) is 65.5 Å². The molecule has 1 unspecified atom stereocenters. The molecule has 124 valence electrons. The van der Waals surface area contributed by atoms with E-state index in [2.05, 4.69) is 15.3 Å². The summed E-state index contributed by atoms with van der Waals surface area (Å²) in [5.74, 6) is 0.789. The number of hydrogen-bond acceptors (Lipinski definition) is 3. The summed E-state index contributed by atoms with van der Waals surface area (Å²) >= 11 is 0. The molecule has 0 radical (unpaired) electrons. The molecule has 1 heterocycles. The zero-order valence-electron chi connectivity index (χ0n) is 13.8. The minimum atomic E-state index is -0.628. The van der Waals surface area contributed by atoms with Gasteiger partial charge in [0.25, 0.3) is 0 Å². The van der Waals surface area contributed by atoms with Crippen LogP contribution in [0.1, 0.15) is 29.4 Å². The predicted molar refractivity (Wildman–Crippen MR) is 95.5 cm³/mol. The lowest BCUT2D eigenvalue weighted by Gasteiger charge is -2.12. The molecule has 3 aromatic rings. The Morgan fingerprint density at radius 1 is 1.21 bits per heavy atom. The SMILES string of the molecule is Cc1ccc(C(N)C(=O)NCCCc2nc3ccccc3[nH]2)cc1. The third-order valence-corrected chi connectivity index (χ3v) is 4.05. The number of nitrogens with one attached hydrogen (secondary N) is 2. The number of carbonyl (C=O) groups is 1. The van der Waals surface area contributed by atoms with Crippen LogP contribution in [0, 0.1) is 6.92 Å². The molecule has 1 amide bonds. The second-order valence-electron chi connectivity index (χ2n) is 5.98. The van der Waals surface area contributed by atoms with Crippen LogP contribution in [0.2, 0.25) is 0 Å². The first-order valence-corrected chi connectivity index (χ1v) is 8.17. The number of aromatic amines is 1. The number of aromatic nitrogens is 2. The molecule has 0 bridgehead atoms. The molecule has 5 nitrogen and oxygen atoms in total. The van der Waals surface area contributed by atoms with E-state index in [1.54, 1.807) is 0 Å². The van der Waals surface area contributed by atoms with Gasteiger partial charge in [0.1, 0.15) is 11.9 Å². The molecule has 1 atom stereocenters. The van der Waals surface area contributed by atoms with Gasteiger partial charge in [0, 0.05) is 13.0 Å². The number of fused-ring (bicyclic) bond motifs is 1. The molecule has 24 heavy (non-hydrogen) atoms. The van der Waals surface area contributed by atoms with Crippen molar-refractivity contribution in [2.75, 3.05) is 6.54 Å². The normalized spacial score (nSPS) is 12.2. The van der Waals surface area contributed by atoms with E-state index < -0.39 is 6.04 Å². The number of imidazole rings is 1. The third-order valence-electron chi connectivity index (χ3n) is 4.05. The van der Waals surface area contributed by atoms with Gasteiger partial charge in [0.05, 0.1) is 11.0 Å². The number of rotatable bonds is 6. The summed E-state index contributed by atoms with van der Waals surface area (Å²) in [7, 11) is 0. The molecular formula is C19H22N4O. The lowest BCUT2D eigenvalue weighted by molar-refractivity contribution is -0.122. The number of para-hydroxylation sites is 2. The summed E-state index contributed by atoms with van der Waals surface area (Å²) in [5.41, 5.74) is 9.99. The Balaban J connectivity index is 1.47. The van der Waals surface area contributed by atoms with Gasteiger partial charge in [-0.2, -0.15) is 0 Å². The highest BCUT2D eigenvalue weighted by molar-refractivity contribution is 5.82. The van der Waals surface area contributed by atoms with E-state index in [9.17, 15) is 4.79 Å². The first-order valence-electron chi connectivity index (χ1n) is 8.17. The molecule has 3 rings (SSSR count). The summed E-state index contributed by atoms with van der Waals surface area (Å²) in [6, 6.07) is 15.0. The van der Waals surface area contributed by atoms with E-state index in [1.807, 2.05) is 55.5 Å². The molecule has 1 aromatic heterocycles. The highest BCUT2D eigenvalue weighted by Crippen LogP contribution is 2.12. The molecule has 5 heteroatoms. The van der Waals surface area contributed by atoms with E-state index in [0.29, 0.717) is 6.54 Å². The van der Waals surface area contributed by atoms with Crippen LogP contribution >= 0.6 is 0 Å². The number of nitrogens with two attached hydrogens (primary N) is 1. The largest absolute Gasteiger partial charge is 0.354 e. The van der Waals surface area contributed by atoms with Crippen molar-refractivity contribution < 1.29 is 4.79 Å². The highest BCUT2D eigenvalue weighted by atomic mass is 16.2. The topological polar surface area (TPSA) is 83.8 Å². The van der Waals surface area contributed by atoms with Crippen molar-refractivity contribution in [2.45, 2.75) is 25.8 Å². The molecule has 0 aliphatic heterocycles. The quantitative estimate of drug-likeness (QED) is 0.610. The lowest BCUT2D eigenvalue weighted by atomic mass is 10.1. The van der Waals surface area contributed by atoms with E-state index >= 15 is 0 Å². The van der Waals surface area contributed by atoms with Crippen molar-refractivity contribution >= 4 is 16.9 Å². The van der Waals surface area contributed by atoms with Gasteiger partial charge in [-0.15, -0.1) is 0 Å². The lowest BCUT2D eigenvalue weighted by Crippen LogP contribution is -2.34. The fourth-order valence-corrected chi connectivity index (χ4v) is 2.63. The van der Waals surface area contributed by atoms with Crippen molar-refractivity contribution in [3.8, 4) is 0 Å². The Kier molecular flexibility index (Phi) is 4.91. The summed E-state index contributed by atoms with van der Waals surface area (Å²) in [6.45, 7) is 2.59. The number of aryl methyl sites for hydroxylation is 2.